The Morgan fingerprint density at radius 1 is 0.826 bits per heavy atom. The summed E-state index contributed by atoms with van der Waals surface area (Å²) in [5.41, 5.74) is 3.18. The van der Waals surface area contributed by atoms with Gasteiger partial charge in [-0.25, -0.2) is 0 Å². The van der Waals surface area contributed by atoms with E-state index in [1.807, 2.05) is 43.3 Å². The topological polar surface area (TPSA) is 60.0 Å². The van der Waals surface area contributed by atoms with Gasteiger partial charge in [-0.05, 0) is 47.5 Å². The summed E-state index contributed by atoms with van der Waals surface area (Å²) in [4.78, 5) is 1.98. The van der Waals surface area contributed by atoms with Crippen molar-refractivity contribution in [3.63, 3.8) is 0 Å². The number of allylic oxidation sites excluding steroid dienone is 2. The highest BCUT2D eigenvalue weighted by molar-refractivity contribution is 6.02. The first-order valence-electron chi connectivity index (χ1n) is 7.07. The Kier molecular flexibility index (Phi) is 5.02. The molecule has 0 saturated carbocycles. The first kappa shape index (κ1) is 16.1. The van der Waals surface area contributed by atoms with E-state index < -0.39 is 0 Å². The average Bonchev–Trinajstić information content (AvgIpc) is 2.60. The van der Waals surface area contributed by atoms with E-state index in [-0.39, 0.29) is 0 Å². The highest BCUT2D eigenvalue weighted by atomic mass is 16.5. The normalized spacial score (nSPS) is 11.0. The average molecular weight is 303 g/mol. The molecule has 0 radical (unpaired) electrons. The van der Waals surface area contributed by atoms with Crippen molar-refractivity contribution in [1.82, 2.24) is 0 Å². The molecule has 0 amide bonds. The number of ether oxygens (including phenoxy) is 1. The minimum atomic E-state index is 0.354. The maximum Gasteiger partial charge on any atom is 0.118 e. The van der Waals surface area contributed by atoms with Gasteiger partial charge in [0, 0.05) is 19.8 Å². The van der Waals surface area contributed by atoms with E-state index in [0.29, 0.717) is 22.5 Å². The van der Waals surface area contributed by atoms with Crippen LogP contribution < -0.4 is 9.64 Å². The molecule has 0 heterocycles. The predicted molar refractivity (Wildman–Crippen MR) is 91.8 cm³/mol. The van der Waals surface area contributed by atoms with Crippen LogP contribution in [0.15, 0.2) is 48.5 Å². The second kappa shape index (κ2) is 7.15. The van der Waals surface area contributed by atoms with Crippen molar-refractivity contribution in [2.45, 2.75) is 0 Å². The van der Waals surface area contributed by atoms with E-state index in [2.05, 4.69) is 12.1 Å². The standard InChI is InChI=1S/C19H17N3O/c1-22(2)16-8-4-14(5-9-16)18(12-20)19(13-21)15-6-10-17(23-3)11-7-15/h4-11H,1-3H3/b19-18+. The molecule has 2 rings (SSSR count). The smallest absolute Gasteiger partial charge is 0.118 e. The Labute approximate surface area is 136 Å². The Bertz CT molecular complexity index is 788. The molecule has 0 bridgehead atoms. The van der Waals surface area contributed by atoms with Gasteiger partial charge >= 0.3 is 0 Å². The van der Waals surface area contributed by atoms with Crippen LogP contribution in [-0.2, 0) is 0 Å². The number of benzene rings is 2. The van der Waals surface area contributed by atoms with E-state index in [1.165, 1.54) is 0 Å². The molecule has 4 nitrogen and oxygen atoms in total. The second-order valence-electron chi connectivity index (χ2n) is 5.14. The maximum atomic E-state index is 9.53. The summed E-state index contributed by atoms with van der Waals surface area (Å²) < 4.78 is 5.12. The molecule has 0 aromatic heterocycles. The van der Waals surface area contributed by atoms with Crippen LogP contribution >= 0.6 is 0 Å². The van der Waals surface area contributed by atoms with Gasteiger partial charge in [0.15, 0.2) is 0 Å². The Morgan fingerprint density at radius 2 is 1.26 bits per heavy atom. The number of nitriles is 2. The fraction of sp³-hybridized carbons (Fsp3) is 0.158. The van der Waals surface area contributed by atoms with Crippen LogP contribution in [0.4, 0.5) is 5.69 Å². The molecular formula is C19H17N3O. The molecule has 0 N–H and O–H groups in total. The van der Waals surface area contributed by atoms with Gasteiger partial charge in [-0.2, -0.15) is 10.5 Å². The van der Waals surface area contributed by atoms with Crippen molar-refractivity contribution in [2.24, 2.45) is 0 Å². The number of nitrogens with zero attached hydrogens (tertiary/aromatic N) is 3. The Morgan fingerprint density at radius 3 is 1.61 bits per heavy atom. The van der Waals surface area contributed by atoms with E-state index >= 15 is 0 Å². The number of methoxy groups -OCH3 is 1. The zero-order valence-corrected chi connectivity index (χ0v) is 13.4. The lowest BCUT2D eigenvalue weighted by Crippen LogP contribution is -2.08. The molecule has 0 saturated heterocycles. The largest absolute Gasteiger partial charge is 0.497 e. The van der Waals surface area contributed by atoms with Crippen molar-refractivity contribution < 1.29 is 4.74 Å². The minimum absolute atomic E-state index is 0.354. The van der Waals surface area contributed by atoms with E-state index in [9.17, 15) is 10.5 Å². The van der Waals surface area contributed by atoms with E-state index in [4.69, 9.17) is 4.74 Å². The molecule has 0 aliphatic carbocycles. The first-order chi connectivity index (χ1) is 11.1. The summed E-state index contributed by atoms with van der Waals surface area (Å²) in [6.45, 7) is 0. The van der Waals surface area contributed by atoms with Crippen molar-refractivity contribution in [1.29, 1.82) is 10.5 Å². The summed E-state index contributed by atoms with van der Waals surface area (Å²) in [5.74, 6) is 0.708. The van der Waals surface area contributed by atoms with Crippen LogP contribution in [0.5, 0.6) is 5.75 Å². The van der Waals surface area contributed by atoms with Crippen LogP contribution in [0.25, 0.3) is 11.1 Å². The van der Waals surface area contributed by atoms with E-state index in [1.54, 1.807) is 31.4 Å². The molecule has 2 aromatic carbocycles. The monoisotopic (exact) mass is 303 g/mol. The van der Waals surface area contributed by atoms with Crippen LogP contribution in [-0.4, -0.2) is 21.2 Å². The van der Waals surface area contributed by atoms with Crippen molar-refractivity contribution >= 4 is 16.8 Å². The lowest BCUT2D eigenvalue weighted by molar-refractivity contribution is 0.415. The van der Waals surface area contributed by atoms with Crippen LogP contribution in [0, 0.1) is 22.7 Å². The third kappa shape index (κ3) is 3.51. The molecule has 0 atom stereocenters. The van der Waals surface area contributed by atoms with Gasteiger partial charge in [-0.1, -0.05) is 12.1 Å². The number of hydrogen-bond donors (Lipinski definition) is 0. The minimum Gasteiger partial charge on any atom is -0.497 e. The third-order valence-electron chi connectivity index (χ3n) is 3.52. The summed E-state index contributed by atoms with van der Waals surface area (Å²) in [7, 11) is 5.49. The van der Waals surface area contributed by atoms with Gasteiger partial charge < -0.3 is 9.64 Å². The molecule has 0 aliphatic heterocycles. The predicted octanol–water partition coefficient (Wildman–Crippen LogP) is 3.72. The van der Waals surface area contributed by atoms with Crippen LogP contribution in [0.3, 0.4) is 0 Å². The van der Waals surface area contributed by atoms with Gasteiger partial charge in [0.05, 0.1) is 18.3 Å². The summed E-state index contributed by atoms with van der Waals surface area (Å²) in [5, 5.41) is 19.0. The fourth-order valence-electron chi connectivity index (χ4n) is 2.21. The van der Waals surface area contributed by atoms with Crippen LogP contribution in [0.1, 0.15) is 11.1 Å². The van der Waals surface area contributed by atoms with Gasteiger partial charge in [-0.3, -0.25) is 0 Å². The summed E-state index contributed by atoms with van der Waals surface area (Å²) in [6.07, 6.45) is 0. The van der Waals surface area contributed by atoms with E-state index in [0.717, 1.165) is 11.3 Å². The Balaban J connectivity index is 2.51. The summed E-state index contributed by atoms with van der Waals surface area (Å²) >= 11 is 0. The van der Waals surface area contributed by atoms with Gasteiger partial charge in [0.2, 0.25) is 0 Å². The third-order valence-corrected chi connectivity index (χ3v) is 3.52. The van der Waals surface area contributed by atoms with Crippen molar-refractivity contribution in [2.75, 3.05) is 26.1 Å². The fourth-order valence-corrected chi connectivity index (χ4v) is 2.21. The molecule has 0 aliphatic rings. The lowest BCUT2D eigenvalue weighted by atomic mass is 9.96. The molecule has 114 valence electrons. The quantitative estimate of drug-likeness (QED) is 0.638. The van der Waals surface area contributed by atoms with Gasteiger partial charge in [0.1, 0.15) is 17.9 Å². The zero-order chi connectivity index (χ0) is 16.8. The Hall–Kier alpha value is -3.24. The van der Waals surface area contributed by atoms with Crippen LogP contribution in [0.2, 0.25) is 0 Å². The maximum absolute atomic E-state index is 9.53. The molecule has 0 fully saturated rings. The molecule has 0 spiro atoms. The molecule has 2 aromatic rings. The number of anilines is 1. The highest BCUT2D eigenvalue weighted by Crippen LogP contribution is 2.28. The number of hydrogen-bond acceptors (Lipinski definition) is 4. The van der Waals surface area contributed by atoms with Crippen molar-refractivity contribution in [3.05, 3.63) is 59.7 Å². The van der Waals surface area contributed by atoms with Crippen molar-refractivity contribution in [3.8, 4) is 17.9 Å². The highest BCUT2D eigenvalue weighted by Gasteiger charge is 2.12. The molecular weight excluding hydrogens is 286 g/mol. The molecule has 0 unspecified atom stereocenters. The molecule has 4 heteroatoms. The summed E-state index contributed by atoms with van der Waals surface area (Å²) in [6, 6.07) is 19.0. The second-order valence-corrected chi connectivity index (χ2v) is 5.14. The lowest BCUT2D eigenvalue weighted by Gasteiger charge is -2.13. The number of rotatable bonds is 4. The first-order valence-corrected chi connectivity index (χ1v) is 7.07. The zero-order valence-electron chi connectivity index (χ0n) is 13.4. The van der Waals surface area contributed by atoms with Gasteiger partial charge in [0.25, 0.3) is 0 Å². The molecule has 23 heavy (non-hydrogen) atoms. The SMILES string of the molecule is COc1ccc(/C(C#N)=C(\C#N)c2ccc(N(C)C)cc2)cc1. The van der Waals surface area contributed by atoms with Gasteiger partial charge in [-0.15, -0.1) is 0 Å².